The number of piperazine rings is 1. The Bertz CT molecular complexity index is 536. The van der Waals surface area contributed by atoms with Gasteiger partial charge in [0.1, 0.15) is 0 Å². The van der Waals surface area contributed by atoms with E-state index in [1.165, 1.54) is 5.56 Å². The average molecular weight is 336 g/mol. The highest BCUT2D eigenvalue weighted by atomic mass is 32.1. The molecule has 2 aliphatic rings. The predicted molar refractivity (Wildman–Crippen MR) is 90.3 cm³/mol. The number of likely N-dealkylation sites (N-methyl/N-ethyl adjacent to an activating group) is 1. The van der Waals surface area contributed by atoms with E-state index in [0.29, 0.717) is 6.54 Å². The first-order chi connectivity index (χ1) is 11.1. The van der Waals surface area contributed by atoms with Crippen molar-refractivity contribution < 1.29 is 9.59 Å². The van der Waals surface area contributed by atoms with Gasteiger partial charge in [-0.3, -0.25) is 14.5 Å². The first kappa shape index (κ1) is 16.4. The molecule has 2 N–H and O–H groups in total. The molecule has 7 heteroatoms. The summed E-state index contributed by atoms with van der Waals surface area (Å²) < 4.78 is 0. The van der Waals surface area contributed by atoms with Crippen LogP contribution in [0.2, 0.25) is 0 Å². The van der Waals surface area contributed by atoms with Crippen LogP contribution in [0.5, 0.6) is 0 Å². The van der Waals surface area contributed by atoms with Crippen LogP contribution in [0.25, 0.3) is 0 Å². The minimum absolute atomic E-state index is 0.132. The van der Waals surface area contributed by atoms with Crippen molar-refractivity contribution in [3.8, 4) is 0 Å². The number of thiophene rings is 1. The van der Waals surface area contributed by atoms with E-state index in [1.807, 2.05) is 0 Å². The Labute approximate surface area is 140 Å². The number of nitrogens with one attached hydrogen (secondary N) is 2. The van der Waals surface area contributed by atoms with Gasteiger partial charge in [0.25, 0.3) is 0 Å². The fraction of sp³-hybridized carbons (Fsp3) is 0.625. The third kappa shape index (κ3) is 4.53. The lowest BCUT2D eigenvalue weighted by Crippen LogP contribution is -2.49. The van der Waals surface area contributed by atoms with Crippen LogP contribution in [0.4, 0.5) is 0 Å². The molecule has 0 bridgehead atoms. The van der Waals surface area contributed by atoms with Crippen molar-refractivity contribution in [2.24, 2.45) is 0 Å². The summed E-state index contributed by atoms with van der Waals surface area (Å²) in [5, 5.41) is 9.72. The molecule has 6 nitrogen and oxygen atoms in total. The quantitative estimate of drug-likeness (QED) is 0.766. The molecule has 2 fully saturated rings. The average Bonchev–Trinajstić information content (AvgIpc) is 3.20. The highest BCUT2D eigenvalue weighted by Gasteiger charge is 2.28. The van der Waals surface area contributed by atoms with Crippen LogP contribution in [-0.4, -0.2) is 67.4 Å². The van der Waals surface area contributed by atoms with Crippen LogP contribution in [0.3, 0.4) is 0 Å². The molecule has 1 saturated carbocycles. The Morgan fingerprint density at radius 1 is 1.26 bits per heavy atom. The van der Waals surface area contributed by atoms with Gasteiger partial charge in [-0.25, -0.2) is 0 Å². The van der Waals surface area contributed by atoms with Crippen LogP contribution in [0.1, 0.15) is 24.4 Å². The van der Waals surface area contributed by atoms with E-state index >= 15 is 0 Å². The zero-order chi connectivity index (χ0) is 16.2. The van der Waals surface area contributed by atoms with E-state index in [-0.39, 0.29) is 12.1 Å². The molecule has 0 radical (unpaired) electrons. The van der Waals surface area contributed by atoms with Crippen LogP contribution in [-0.2, 0) is 9.59 Å². The molecule has 2 amide bonds. The van der Waals surface area contributed by atoms with E-state index in [4.69, 9.17) is 0 Å². The lowest BCUT2D eigenvalue weighted by Gasteiger charge is -2.37. The van der Waals surface area contributed by atoms with Crippen molar-refractivity contribution in [3.63, 3.8) is 0 Å². The van der Waals surface area contributed by atoms with Crippen molar-refractivity contribution in [2.45, 2.75) is 24.9 Å². The fourth-order valence-electron chi connectivity index (χ4n) is 2.80. The first-order valence-corrected chi connectivity index (χ1v) is 9.11. The monoisotopic (exact) mass is 336 g/mol. The lowest BCUT2D eigenvalue weighted by atomic mass is 10.1. The molecule has 1 aromatic rings. The van der Waals surface area contributed by atoms with Gasteiger partial charge in [-0.2, -0.15) is 11.3 Å². The molecule has 1 aliphatic carbocycles. The number of amides is 2. The standard InChI is InChI=1S/C16H24N4O2S/c1-19-5-7-20(8-6-19)14(12-4-9-23-11-12)10-17-15(21)16(22)18-13-2-3-13/h4,9,11,13-14H,2-3,5-8,10H2,1H3,(H,17,21)(H,18,22)/t14-/m1/s1. The topological polar surface area (TPSA) is 64.7 Å². The fourth-order valence-corrected chi connectivity index (χ4v) is 3.51. The normalized spacial score (nSPS) is 20.9. The lowest BCUT2D eigenvalue weighted by molar-refractivity contribution is -0.139. The summed E-state index contributed by atoms with van der Waals surface area (Å²) in [4.78, 5) is 28.4. The second kappa shape index (κ2) is 7.42. The molecule has 0 spiro atoms. The van der Waals surface area contributed by atoms with Crippen LogP contribution >= 0.6 is 11.3 Å². The zero-order valence-electron chi connectivity index (χ0n) is 13.5. The molecule has 3 rings (SSSR count). The van der Waals surface area contributed by atoms with Gasteiger partial charge in [-0.05, 0) is 42.3 Å². The van der Waals surface area contributed by atoms with E-state index < -0.39 is 11.8 Å². The largest absolute Gasteiger partial charge is 0.346 e. The Morgan fingerprint density at radius 2 is 2.00 bits per heavy atom. The van der Waals surface area contributed by atoms with Gasteiger partial charge in [-0.1, -0.05) is 0 Å². The van der Waals surface area contributed by atoms with Crippen LogP contribution < -0.4 is 10.6 Å². The first-order valence-electron chi connectivity index (χ1n) is 8.17. The summed E-state index contributed by atoms with van der Waals surface area (Å²) in [5.41, 5.74) is 1.21. The van der Waals surface area contributed by atoms with Crippen molar-refractivity contribution in [1.29, 1.82) is 0 Å². The maximum atomic E-state index is 12.0. The van der Waals surface area contributed by atoms with Crippen molar-refractivity contribution in [2.75, 3.05) is 39.8 Å². The van der Waals surface area contributed by atoms with E-state index in [9.17, 15) is 9.59 Å². The van der Waals surface area contributed by atoms with Gasteiger partial charge in [0.15, 0.2) is 0 Å². The molecular weight excluding hydrogens is 312 g/mol. The molecule has 126 valence electrons. The van der Waals surface area contributed by atoms with Crippen molar-refractivity contribution in [1.82, 2.24) is 20.4 Å². The number of hydrogen-bond donors (Lipinski definition) is 2. The Kier molecular flexibility index (Phi) is 5.30. The minimum Gasteiger partial charge on any atom is -0.346 e. The van der Waals surface area contributed by atoms with Gasteiger partial charge in [0.05, 0.1) is 6.04 Å². The highest BCUT2D eigenvalue weighted by molar-refractivity contribution is 7.07. The SMILES string of the molecule is CN1CCN([C@H](CNC(=O)C(=O)NC2CC2)c2ccsc2)CC1. The molecule has 0 unspecified atom stereocenters. The second-order valence-corrected chi connectivity index (χ2v) is 7.15. The molecule has 1 aromatic heterocycles. The highest BCUT2D eigenvalue weighted by Crippen LogP contribution is 2.23. The van der Waals surface area contributed by atoms with Gasteiger partial charge in [-0.15, -0.1) is 0 Å². The van der Waals surface area contributed by atoms with Gasteiger partial charge in [0, 0.05) is 38.8 Å². The number of carbonyl (C=O) groups excluding carboxylic acids is 2. The maximum Gasteiger partial charge on any atom is 0.309 e. The number of rotatable bonds is 5. The van der Waals surface area contributed by atoms with Crippen molar-refractivity contribution in [3.05, 3.63) is 22.4 Å². The summed E-state index contributed by atoms with van der Waals surface area (Å²) >= 11 is 1.66. The summed E-state index contributed by atoms with van der Waals surface area (Å²) in [6.45, 7) is 4.47. The Hall–Kier alpha value is -1.44. The molecule has 1 saturated heterocycles. The summed E-state index contributed by atoms with van der Waals surface area (Å²) in [6.07, 6.45) is 1.97. The molecule has 1 atom stereocenters. The van der Waals surface area contributed by atoms with Crippen molar-refractivity contribution >= 4 is 23.2 Å². The summed E-state index contributed by atoms with van der Waals surface area (Å²) in [5.74, 6) is -1.03. The molecular formula is C16H24N4O2S. The molecule has 0 aromatic carbocycles. The number of hydrogen-bond acceptors (Lipinski definition) is 5. The number of carbonyl (C=O) groups is 2. The summed E-state index contributed by atoms with van der Waals surface area (Å²) in [7, 11) is 2.13. The van der Waals surface area contributed by atoms with E-state index in [2.05, 4.69) is 44.3 Å². The van der Waals surface area contributed by atoms with Gasteiger partial charge >= 0.3 is 11.8 Å². The zero-order valence-corrected chi connectivity index (χ0v) is 14.3. The van der Waals surface area contributed by atoms with E-state index in [0.717, 1.165) is 39.0 Å². The van der Waals surface area contributed by atoms with Crippen LogP contribution in [0, 0.1) is 0 Å². The van der Waals surface area contributed by atoms with Gasteiger partial charge in [0.2, 0.25) is 0 Å². The number of nitrogens with zero attached hydrogens (tertiary/aromatic N) is 2. The van der Waals surface area contributed by atoms with E-state index in [1.54, 1.807) is 11.3 Å². The maximum absolute atomic E-state index is 12.0. The molecule has 2 heterocycles. The molecule has 1 aliphatic heterocycles. The summed E-state index contributed by atoms with van der Waals surface area (Å²) in [6, 6.07) is 2.44. The Balaban J connectivity index is 1.57. The predicted octanol–water partition coefficient (Wildman–Crippen LogP) is 0.431. The van der Waals surface area contributed by atoms with Crippen LogP contribution in [0.15, 0.2) is 16.8 Å². The smallest absolute Gasteiger partial charge is 0.309 e. The van der Waals surface area contributed by atoms with Gasteiger partial charge < -0.3 is 15.5 Å². The minimum atomic E-state index is -0.522. The third-order valence-corrected chi connectivity index (χ3v) is 5.18. The third-order valence-electron chi connectivity index (χ3n) is 4.48. The Morgan fingerprint density at radius 3 is 2.61 bits per heavy atom. The second-order valence-electron chi connectivity index (χ2n) is 6.37. The molecule has 23 heavy (non-hydrogen) atoms.